The van der Waals surface area contributed by atoms with Gasteiger partial charge in [0.05, 0.1) is 12.7 Å². The molecule has 144 valence electrons. The van der Waals surface area contributed by atoms with E-state index in [4.69, 9.17) is 9.47 Å². The van der Waals surface area contributed by atoms with Crippen molar-refractivity contribution in [3.8, 4) is 11.5 Å². The van der Waals surface area contributed by atoms with Gasteiger partial charge in [-0.15, -0.1) is 0 Å². The highest BCUT2D eigenvalue weighted by Crippen LogP contribution is 2.29. The first-order chi connectivity index (χ1) is 13.6. The molecule has 0 aliphatic carbocycles. The summed E-state index contributed by atoms with van der Waals surface area (Å²) in [4.78, 5) is 27.7. The van der Waals surface area contributed by atoms with Crippen LogP contribution in [-0.4, -0.2) is 29.9 Å². The molecule has 0 unspecified atom stereocenters. The number of hydrogen-bond donors (Lipinski definition) is 1. The molecule has 1 amide bonds. The van der Waals surface area contributed by atoms with Crippen molar-refractivity contribution in [2.75, 3.05) is 14.2 Å². The van der Waals surface area contributed by atoms with Gasteiger partial charge in [-0.3, -0.25) is 9.59 Å². The maximum absolute atomic E-state index is 12.5. The molecule has 0 aliphatic rings. The van der Waals surface area contributed by atoms with Gasteiger partial charge in [0.2, 0.25) is 5.56 Å². The van der Waals surface area contributed by atoms with Crippen molar-refractivity contribution >= 4 is 5.91 Å². The number of H-pyrrole nitrogens is 1. The van der Waals surface area contributed by atoms with E-state index in [0.29, 0.717) is 30.2 Å². The van der Waals surface area contributed by atoms with Crippen molar-refractivity contribution in [3.05, 3.63) is 93.9 Å². The summed E-state index contributed by atoms with van der Waals surface area (Å²) >= 11 is 0. The topological polar surface area (TPSA) is 71.6 Å². The molecule has 3 rings (SSSR count). The fraction of sp³-hybridized carbons (Fsp3) is 0.182. The third-order valence-electron chi connectivity index (χ3n) is 4.26. The zero-order chi connectivity index (χ0) is 19.9. The minimum Gasteiger partial charge on any atom is -0.493 e. The molecule has 0 atom stereocenters. The van der Waals surface area contributed by atoms with E-state index in [1.165, 1.54) is 18.3 Å². The van der Waals surface area contributed by atoms with E-state index >= 15 is 0 Å². The van der Waals surface area contributed by atoms with Crippen LogP contribution in [0.2, 0.25) is 0 Å². The molecular weight excluding hydrogens is 356 g/mol. The number of aromatic nitrogens is 1. The molecule has 1 N–H and O–H groups in total. The summed E-state index contributed by atoms with van der Waals surface area (Å²) in [6, 6.07) is 18.3. The highest BCUT2D eigenvalue weighted by Gasteiger charge is 2.14. The Labute approximate surface area is 163 Å². The number of rotatable bonds is 7. The number of carbonyl (C=O) groups is 1. The molecule has 0 saturated carbocycles. The Morgan fingerprint density at radius 2 is 1.79 bits per heavy atom. The number of nitrogens with zero attached hydrogens (tertiary/aromatic N) is 1. The van der Waals surface area contributed by atoms with Gasteiger partial charge >= 0.3 is 0 Å². The molecule has 6 nitrogen and oxygen atoms in total. The van der Waals surface area contributed by atoms with Crippen molar-refractivity contribution < 1.29 is 14.3 Å². The van der Waals surface area contributed by atoms with Gasteiger partial charge in [-0.05, 0) is 29.3 Å². The van der Waals surface area contributed by atoms with Crippen molar-refractivity contribution in [3.63, 3.8) is 0 Å². The summed E-state index contributed by atoms with van der Waals surface area (Å²) in [5.41, 5.74) is 2.16. The van der Waals surface area contributed by atoms with Crippen molar-refractivity contribution in [1.82, 2.24) is 9.88 Å². The van der Waals surface area contributed by atoms with E-state index in [2.05, 4.69) is 4.98 Å². The van der Waals surface area contributed by atoms with Gasteiger partial charge in [0.1, 0.15) is 6.61 Å². The second-order valence-electron chi connectivity index (χ2n) is 6.36. The van der Waals surface area contributed by atoms with Crippen LogP contribution in [0.15, 0.2) is 71.7 Å². The van der Waals surface area contributed by atoms with E-state index in [1.54, 1.807) is 19.1 Å². The van der Waals surface area contributed by atoms with E-state index in [1.807, 2.05) is 48.5 Å². The predicted molar refractivity (Wildman–Crippen MR) is 107 cm³/mol. The number of benzene rings is 2. The van der Waals surface area contributed by atoms with E-state index in [0.717, 1.165) is 11.1 Å². The molecule has 2 aromatic carbocycles. The number of ether oxygens (including phenoxy) is 2. The molecule has 28 heavy (non-hydrogen) atoms. The molecule has 0 saturated heterocycles. The van der Waals surface area contributed by atoms with E-state index in [-0.39, 0.29) is 11.5 Å². The average Bonchev–Trinajstić information content (AvgIpc) is 2.73. The number of nitrogens with one attached hydrogen (secondary N) is 1. The van der Waals surface area contributed by atoms with Crippen LogP contribution in [0.25, 0.3) is 0 Å². The van der Waals surface area contributed by atoms with Crippen LogP contribution < -0.4 is 15.0 Å². The van der Waals surface area contributed by atoms with Gasteiger partial charge in [-0.1, -0.05) is 36.4 Å². The second kappa shape index (κ2) is 8.90. The summed E-state index contributed by atoms with van der Waals surface area (Å²) in [5.74, 6) is 1.07. The normalized spacial score (nSPS) is 10.4. The number of carbonyl (C=O) groups excluding carboxylic acids is 1. The number of pyridine rings is 1. The summed E-state index contributed by atoms with van der Waals surface area (Å²) in [5, 5.41) is 0. The summed E-state index contributed by atoms with van der Waals surface area (Å²) < 4.78 is 11.3. The monoisotopic (exact) mass is 378 g/mol. The third-order valence-corrected chi connectivity index (χ3v) is 4.26. The Balaban J connectivity index is 1.68. The SMILES string of the molecule is COc1cc(CN(C)C(=O)c2ccc(=O)[nH]c2)ccc1OCc1ccccc1. The van der Waals surface area contributed by atoms with E-state index in [9.17, 15) is 9.59 Å². The highest BCUT2D eigenvalue weighted by atomic mass is 16.5. The van der Waals surface area contributed by atoms with Crippen LogP contribution in [0, 0.1) is 0 Å². The van der Waals surface area contributed by atoms with Gasteiger partial charge < -0.3 is 19.4 Å². The lowest BCUT2D eigenvalue weighted by Gasteiger charge is -2.18. The van der Waals surface area contributed by atoms with Crippen molar-refractivity contribution in [1.29, 1.82) is 0 Å². The lowest BCUT2D eigenvalue weighted by molar-refractivity contribution is 0.0784. The van der Waals surface area contributed by atoms with Crippen LogP contribution in [0.3, 0.4) is 0 Å². The van der Waals surface area contributed by atoms with Gasteiger partial charge in [0.25, 0.3) is 5.91 Å². The lowest BCUT2D eigenvalue weighted by atomic mass is 10.1. The Morgan fingerprint density at radius 3 is 2.46 bits per heavy atom. The molecule has 0 aliphatic heterocycles. The predicted octanol–water partition coefficient (Wildman–Crippen LogP) is 3.23. The molecule has 1 aromatic heterocycles. The first-order valence-electron chi connectivity index (χ1n) is 8.84. The van der Waals surface area contributed by atoms with Crippen LogP contribution in [-0.2, 0) is 13.2 Å². The van der Waals surface area contributed by atoms with Crippen LogP contribution >= 0.6 is 0 Å². The number of methoxy groups -OCH3 is 1. The first-order valence-corrected chi connectivity index (χ1v) is 8.84. The van der Waals surface area contributed by atoms with Gasteiger partial charge in [0.15, 0.2) is 11.5 Å². The molecular formula is C22H22N2O4. The molecule has 1 heterocycles. The number of aromatic amines is 1. The van der Waals surface area contributed by atoms with Gasteiger partial charge in [0, 0.05) is 25.9 Å². The summed E-state index contributed by atoms with van der Waals surface area (Å²) in [6.45, 7) is 0.842. The zero-order valence-electron chi connectivity index (χ0n) is 15.8. The lowest BCUT2D eigenvalue weighted by Crippen LogP contribution is -2.26. The third kappa shape index (κ3) is 4.79. The second-order valence-corrected chi connectivity index (χ2v) is 6.36. The fourth-order valence-electron chi connectivity index (χ4n) is 2.77. The Hall–Kier alpha value is -3.54. The molecule has 0 fully saturated rings. The number of hydrogen-bond acceptors (Lipinski definition) is 4. The summed E-state index contributed by atoms with van der Waals surface area (Å²) in [7, 11) is 3.30. The van der Waals surface area contributed by atoms with Gasteiger partial charge in [-0.2, -0.15) is 0 Å². The van der Waals surface area contributed by atoms with Crippen LogP contribution in [0.1, 0.15) is 21.5 Å². The minimum atomic E-state index is -0.241. The van der Waals surface area contributed by atoms with Crippen molar-refractivity contribution in [2.24, 2.45) is 0 Å². The van der Waals surface area contributed by atoms with Crippen LogP contribution in [0.5, 0.6) is 11.5 Å². The first kappa shape index (κ1) is 19.2. The fourth-order valence-corrected chi connectivity index (χ4v) is 2.77. The molecule has 6 heteroatoms. The van der Waals surface area contributed by atoms with Crippen LogP contribution in [0.4, 0.5) is 0 Å². The van der Waals surface area contributed by atoms with Crippen molar-refractivity contribution in [2.45, 2.75) is 13.2 Å². The Morgan fingerprint density at radius 1 is 1.00 bits per heavy atom. The minimum absolute atomic E-state index is 0.181. The smallest absolute Gasteiger partial charge is 0.255 e. The zero-order valence-corrected chi connectivity index (χ0v) is 15.8. The highest BCUT2D eigenvalue weighted by molar-refractivity contribution is 5.93. The maximum Gasteiger partial charge on any atom is 0.255 e. The van der Waals surface area contributed by atoms with E-state index < -0.39 is 0 Å². The molecule has 3 aromatic rings. The molecule has 0 spiro atoms. The standard InChI is InChI=1S/C22H22N2O4/c1-24(22(26)18-9-11-21(25)23-13-18)14-17-8-10-19(20(12-17)27-2)28-15-16-6-4-3-5-7-16/h3-13H,14-15H2,1-2H3,(H,23,25). The molecule has 0 bridgehead atoms. The van der Waals surface area contributed by atoms with Gasteiger partial charge in [-0.25, -0.2) is 0 Å². The summed E-state index contributed by atoms with van der Waals surface area (Å²) in [6.07, 6.45) is 1.42. The maximum atomic E-state index is 12.5. The largest absolute Gasteiger partial charge is 0.493 e. The quantitative estimate of drug-likeness (QED) is 0.685. The average molecular weight is 378 g/mol. The number of amides is 1. The Bertz CT molecular complexity index is 978. The Kier molecular flexibility index (Phi) is 6.11. The molecule has 0 radical (unpaired) electrons.